The molecule has 0 saturated carbocycles. The van der Waals surface area contributed by atoms with Crippen LogP contribution >= 0.6 is 0 Å². The number of carbonyl (C=O) groups is 2. The van der Waals surface area contributed by atoms with Crippen molar-refractivity contribution in [3.8, 4) is 0 Å². The van der Waals surface area contributed by atoms with Gasteiger partial charge in [-0.3, -0.25) is 9.59 Å². The predicted molar refractivity (Wildman–Crippen MR) is 334 cm³/mol. The zero-order chi connectivity index (χ0) is 58.0. The SMILES string of the molecule is CCCCCCCCCCCC/C=C/C(O)C(COC1OC(CO)C(O)C(O)C1O)NC(=O)CCCCCCCCCCCCCCC/C=C\C/C=C\CCCCCCCCCCCOC(=O)CCCCCCCCCCCCC. The number of rotatable bonds is 60. The molecule has 1 amide bonds. The lowest BCUT2D eigenvalue weighted by Crippen LogP contribution is -2.60. The molecule has 0 radical (unpaired) electrons. The summed E-state index contributed by atoms with van der Waals surface area (Å²) in [5, 5.41) is 54.4. The van der Waals surface area contributed by atoms with Crippen molar-refractivity contribution in [3.63, 3.8) is 0 Å². The third kappa shape index (κ3) is 47.3. The highest BCUT2D eigenvalue weighted by atomic mass is 16.7. The molecule has 0 spiro atoms. The summed E-state index contributed by atoms with van der Waals surface area (Å²) in [6, 6.07) is -0.810. The summed E-state index contributed by atoms with van der Waals surface area (Å²) in [6.07, 6.45) is 64.1. The molecule has 0 aromatic carbocycles. The molecule has 7 unspecified atom stereocenters. The van der Waals surface area contributed by atoms with Gasteiger partial charge in [-0.15, -0.1) is 0 Å². The van der Waals surface area contributed by atoms with Gasteiger partial charge in [0.2, 0.25) is 5.91 Å². The molecule has 1 saturated heterocycles. The molecule has 11 heteroatoms. The Hall–Kier alpha value is -2.12. The van der Waals surface area contributed by atoms with E-state index in [0.717, 1.165) is 64.2 Å². The fourth-order valence-electron chi connectivity index (χ4n) is 10.8. The van der Waals surface area contributed by atoms with Crippen molar-refractivity contribution in [3.05, 3.63) is 36.5 Å². The van der Waals surface area contributed by atoms with Crippen molar-refractivity contribution < 1.29 is 49.3 Å². The number of ether oxygens (including phenoxy) is 3. The van der Waals surface area contributed by atoms with Gasteiger partial charge in [0.05, 0.1) is 32.0 Å². The summed E-state index contributed by atoms with van der Waals surface area (Å²) in [5.41, 5.74) is 0. The minimum Gasteiger partial charge on any atom is -0.466 e. The largest absolute Gasteiger partial charge is 0.466 e. The van der Waals surface area contributed by atoms with Gasteiger partial charge in [-0.1, -0.05) is 288 Å². The van der Waals surface area contributed by atoms with Gasteiger partial charge in [-0.2, -0.15) is 0 Å². The van der Waals surface area contributed by atoms with Crippen LogP contribution in [0.1, 0.15) is 328 Å². The van der Waals surface area contributed by atoms with E-state index in [0.29, 0.717) is 19.4 Å². The molecule has 1 aliphatic heterocycles. The first-order chi connectivity index (χ1) is 39.2. The molecular formula is C69H129NO10. The first kappa shape index (κ1) is 75.9. The lowest BCUT2D eigenvalue weighted by molar-refractivity contribution is -0.302. The van der Waals surface area contributed by atoms with Crippen LogP contribution in [0.2, 0.25) is 0 Å². The second-order valence-electron chi connectivity index (χ2n) is 23.9. The van der Waals surface area contributed by atoms with Crippen LogP contribution in [0.4, 0.5) is 0 Å². The van der Waals surface area contributed by atoms with E-state index in [1.807, 2.05) is 6.08 Å². The number of nitrogens with one attached hydrogen (secondary N) is 1. The normalized spacial score (nSPS) is 18.5. The van der Waals surface area contributed by atoms with Crippen LogP contribution in [0.3, 0.4) is 0 Å². The number of aliphatic hydroxyl groups is 5. The van der Waals surface area contributed by atoms with E-state index in [1.54, 1.807) is 6.08 Å². The summed E-state index contributed by atoms with van der Waals surface area (Å²) in [4.78, 5) is 25.1. The van der Waals surface area contributed by atoms with Crippen molar-refractivity contribution in [1.29, 1.82) is 0 Å². The van der Waals surface area contributed by atoms with Gasteiger partial charge in [0.1, 0.15) is 24.4 Å². The maximum atomic E-state index is 13.0. The average Bonchev–Trinajstić information content (AvgIpc) is 3.46. The molecule has 470 valence electrons. The summed E-state index contributed by atoms with van der Waals surface area (Å²) in [7, 11) is 0. The lowest BCUT2D eigenvalue weighted by atomic mass is 9.99. The van der Waals surface area contributed by atoms with Crippen LogP contribution in [0, 0.1) is 0 Å². The van der Waals surface area contributed by atoms with Crippen LogP contribution in [0.5, 0.6) is 0 Å². The predicted octanol–water partition coefficient (Wildman–Crippen LogP) is 17.0. The quantitative estimate of drug-likeness (QED) is 0.0195. The Kier molecular flexibility index (Phi) is 55.6. The number of aliphatic hydroxyl groups excluding tert-OH is 5. The molecule has 1 heterocycles. The van der Waals surface area contributed by atoms with Crippen LogP contribution in [-0.2, 0) is 23.8 Å². The Morgan fingerprint density at radius 2 is 0.838 bits per heavy atom. The van der Waals surface area contributed by atoms with E-state index in [1.165, 1.54) is 238 Å². The molecule has 80 heavy (non-hydrogen) atoms. The fourth-order valence-corrected chi connectivity index (χ4v) is 10.8. The molecule has 0 bridgehead atoms. The third-order valence-electron chi connectivity index (χ3n) is 16.2. The molecule has 11 nitrogen and oxygen atoms in total. The topological polar surface area (TPSA) is 175 Å². The minimum absolute atomic E-state index is 0.00315. The molecule has 0 aromatic heterocycles. The number of hydrogen-bond donors (Lipinski definition) is 6. The first-order valence-corrected chi connectivity index (χ1v) is 34.3. The smallest absolute Gasteiger partial charge is 0.305 e. The van der Waals surface area contributed by atoms with Crippen LogP contribution in [0.15, 0.2) is 36.5 Å². The van der Waals surface area contributed by atoms with Crippen molar-refractivity contribution in [1.82, 2.24) is 5.32 Å². The van der Waals surface area contributed by atoms with Gasteiger partial charge in [0, 0.05) is 12.8 Å². The monoisotopic (exact) mass is 1130 g/mol. The number of carbonyl (C=O) groups excluding carboxylic acids is 2. The van der Waals surface area contributed by atoms with Crippen molar-refractivity contribution in [2.45, 2.75) is 371 Å². The molecule has 6 N–H and O–H groups in total. The molecule has 0 aliphatic carbocycles. The zero-order valence-corrected chi connectivity index (χ0v) is 52.1. The summed E-state index contributed by atoms with van der Waals surface area (Å²) in [5.74, 6) is -0.179. The summed E-state index contributed by atoms with van der Waals surface area (Å²) >= 11 is 0. The number of esters is 1. The highest BCUT2D eigenvalue weighted by Crippen LogP contribution is 2.23. The van der Waals surface area contributed by atoms with Gasteiger partial charge in [-0.05, 0) is 64.2 Å². The number of amides is 1. The summed E-state index contributed by atoms with van der Waals surface area (Å²) in [6.45, 7) is 4.36. The molecule has 1 fully saturated rings. The Morgan fingerprint density at radius 3 is 1.26 bits per heavy atom. The third-order valence-corrected chi connectivity index (χ3v) is 16.2. The minimum atomic E-state index is -1.57. The van der Waals surface area contributed by atoms with Gasteiger partial charge in [0.15, 0.2) is 6.29 Å². The van der Waals surface area contributed by atoms with E-state index in [-0.39, 0.29) is 18.5 Å². The van der Waals surface area contributed by atoms with Crippen molar-refractivity contribution >= 4 is 11.9 Å². The molecule has 0 aromatic rings. The van der Waals surface area contributed by atoms with E-state index in [4.69, 9.17) is 14.2 Å². The van der Waals surface area contributed by atoms with Crippen LogP contribution in [-0.4, -0.2) is 100 Å². The van der Waals surface area contributed by atoms with Gasteiger partial charge < -0.3 is 45.1 Å². The van der Waals surface area contributed by atoms with Gasteiger partial charge in [-0.25, -0.2) is 0 Å². The standard InChI is InChI=1S/C69H129NO10/c1-3-5-7-9-11-13-15-36-39-43-47-51-55-62(72)61(60-79-69-68(77)67(76)66(75)63(59-71)80-69)70-64(73)56-52-48-44-40-37-33-31-29-27-25-23-21-19-17-16-18-20-22-24-26-28-30-32-34-38-42-46-50-54-58-78-65(74)57-53-49-45-41-35-14-12-10-8-6-4-2/h16,18,22,24,51,55,61-63,66-69,71-72,75-77H,3-15,17,19-21,23,25-50,52-54,56-60H2,1-2H3,(H,70,73)/b18-16-,24-22-,55-51+. The highest BCUT2D eigenvalue weighted by Gasteiger charge is 2.44. The van der Waals surface area contributed by atoms with E-state index >= 15 is 0 Å². The molecule has 1 rings (SSSR count). The second kappa shape index (κ2) is 58.6. The Labute approximate surface area is 492 Å². The van der Waals surface area contributed by atoms with E-state index < -0.39 is 49.5 Å². The van der Waals surface area contributed by atoms with Crippen molar-refractivity contribution in [2.24, 2.45) is 0 Å². The van der Waals surface area contributed by atoms with Gasteiger partial charge in [0.25, 0.3) is 0 Å². The Balaban J connectivity index is 2.00. The zero-order valence-electron chi connectivity index (χ0n) is 52.1. The van der Waals surface area contributed by atoms with Crippen LogP contribution < -0.4 is 5.32 Å². The van der Waals surface area contributed by atoms with E-state index in [2.05, 4.69) is 43.5 Å². The number of hydrogen-bond acceptors (Lipinski definition) is 10. The van der Waals surface area contributed by atoms with Gasteiger partial charge >= 0.3 is 5.97 Å². The highest BCUT2D eigenvalue weighted by molar-refractivity contribution is 5.76. The molecule has 7 atom stereocenters. The van der Waals surface area contributed by atoms with Crippen molar-refractivity contribution in [2.75, 3.05) is 19.8 Å². The van der Waals surface area contributed by atoms with E-state index in [9.17, 15) is 35.1 Å². The second-order valence-corrected chi connectivity index (χ2v) is 23.9. The first-order valence-electron chi connectivity index (χ1n) is 34.3. The maximum Gasteiger partial charge on any atom is 0.305 e. The fraction of sp³-hybridized carbons (Fsp3) is 0.884. The molecule has 1 aliphatic rings. The summed E-state index contributed by atoms with van der Waals surface area (Å²) < 4.78 is 16.7. The van der Waals surface area contributed by atoms with Crippen LogP contribution in [0.25, 0.3) is 0 Å². The Morgan fingerprint density at radius 1 is 0.463 bits per heavy atom. The Bertz CT molecular complexity index is 1420. The average molecular weight is 1130 g/mol. The number of allylic oxidation sites excluding steroid dienone is 5. The lowest BCUT2D eigenvalue weighted by Gasteiger charge is -2.40. The number of unbranched alkanes of at least 4 members (excludes halogenated alkanes) is 42. The maximum absolute atomic E-state index is 13.0. The molecular weight excluding hydrogens is 1000 g/mol.